The minimum Gasteiger partial charge on any atom is -0.348 e. The molecule has 0 saturated heterocycles. The summed E-state index contributed by atoms with van der Waals surface area (Å²) < 4.78 is 25.4. The smallest absolute Gasteiger partial charge is 0.241 e. The molecule has 0 aromatic heterocycles. The maximum absolute atomic E-state index is 12.4. The van der Waals surface area contributed by atoms with Crippen molar-refractivity contribution in [1.82, 2.24) is 5.32 Å². The molecule has 25 heavy (non-hydrogen) atoms. The first kappa shape index (κ1) is 19.3. The number of carbonyl (C=O) groups excluding carboxylic acids is 1. The van der Waals surface area contributed by atoms with E-state index < -0.39 is 10.0 Å². The quantitative estimate of drug-likeness (QED) is 0.752. The highest BCUT2D eigenvalue weighted by atomic mass is 32.2. The number of nitrogens with one attached hydrogen (secondary N) is 1. The molecule has 7 heteroatoms. The van der Waals surface area contributed by atoms with Crippen molar-refractivity contribution in [3.8, 4) is 0 Å². The van der Waals surface area contributed by atoms with Gasteiger partial charge in [0.15, 0.2) is 0 Å². The molecule has 1 unspecified atom stereocenters. The number of carbonyl (C=O) groups is 1. The van der Waals surface area contributed by atoms with Crippen molar-refractivity contribution in [1.29, 1.82) is 0 Å². The standard InChI is InChI=1S/C18H22N2O3S2/c1-14(15-8-5-4-6-9-15)19-18(21)13-20(25(3,22)23)16-10-7-11-17(12-16)24-2/h4-12,14H,13H2,1-3H3,(H,19,21). The van der Waals surface area contributed by atoms with E-state index in [1.54, 1.807) is 18.2 Å². The van der Waals surface area contributed by atoms with Crippen LogP contribution in [0.4, 0.5) is 5.69 Å². The van der Waals surface area contributed by atoms with Crippen LogP contribution in [0, 0.1) is 0 Å². The van der Waals surface area contributed by atoms with Crippen LogP contribution in [-0.2, 0) is 14.8 Å². The number of benzene rings is 2. The van der Waals surface area contributed by atoms with Crippen molar-refractivity contribution < 1.29 is 13.2 Å². The van der Waals surface area contributed by atoms with E-state index in [-0.39, 0.29) is 18.5 Å². The predicted molar refractivity (Wildman–Crippen MR) is 103 cm³/mol. The van der Waals surface area contributed by atoms with Gasteiger partial charge in [-0.15, -0.1) is 11.8 Å². The molecule has 0 aliphatic heterocycles. The Hall–Kier alpha value is -1.99. The fourth-order valence-corrected chi connectivity index (χ4v) is 3.71. The first-order chi connectivity index (χ1) is 11.8. The van der Waals surface area contributed by atoms with Crippen LogP contribution in [0.15, 0.2) is 59.5 Å². The number of thioether (sulfide) groups is 1. The molecule has 134 valence electrons. The van der Waals surface area contributed by atoms with Crippen molar-refractivity contribution in [3.63, 3.8) is 0 Å². The molecular formula is C18H22N2O3S2. The molecule has 2 aromatic rings. The van der Waals surface area contributed by atoms with Gasteiger partial charge in [0.2, 0.25) is 15.9 Å². The second-order valence-corrected chi connectivity index (χ2v) is 8.46. The Balaban J connectivity index is 2.16. The van der Waals surface area contributed by atoms with Gasteiger partial charge in [0.25, 0.3) is 0 Å². The lowest BCUT2D eigenvalue weighted by Crippen LogP contribution is -2.41. The minimum atomic E-state index is -3.58. The number of hydrogen-bond donors (Lipinski definition) is 1. The maximum atomic E-state index is 12.4. The highest BCUT2D eigenvalue weighted by molar-refractivity contribution is 7.98. The zero-order valence-corrected chi connectivity index (χ0v) is 16.1. The van der Waals surface area contributed by atoms with Gasteiger partial charge < -0.3 is 5.32 Å². The van der Waals surface area contributed by atoms with E-state index in [4.69, 9.17) is 0 Å². The second-order valence-electron chi connectivity index (χ2n) is 5.67. The molecule has 0 aliphatic rings. The second kappa shape index (κ2) is 8.40. The molecule has 1 amide bonds. The van der Waals surface area contributed by atoms with E-state index in [9.17, 15) is 13.2 Å². The predicted octanol–water partition coefficient (Wildman–Crippen LogP) is 3.05. The summed E-state index contributed by atoms with van der Waals surface area (Å²) in [6.45, 7) is 1.61. The van der Waals surface area contributed by atoms with E-state index in [0.717, 1.165) is 21.0 Å². The van der Waals surface area contributed by atoms with Crippen LogP contribution >= 0.6 is 11.8 Å². The molecule has 5 nitrogen and oxygen atoms in total. The van der Waals surface area contributed by atoms with Crippen LogP contribution in [-0.4, -0.2) is 33.4 Å². The summed E-state index contributed by atoms with van der Waals surface area (Å²) in [6.07, 6.45) is 3.02. The van der Waals surface area contributed by atoms with Gasteiger partial charge in [-0.2, -0.15) is 0 Å². The average Bonchev–Trinajstić information content (AvgIpc) is 2.59. The van der Waals surface area contributed by atoms with Crippen LogP contribution in [0.25, 0.3) is 0 Å². The molecule has 0 bridgehead atoms. The van der Waals surface area contributed by atoms with Crippen LogP contribution < -0.4 is 9.62 Å². The Bertz CT molecular complexity index is 823. The largest absolute Gasteiger partial charge is 0.348 e. The number of sulfonamides is 1. The maximum Gasteiger partial charge on any atom is 0.241 e. The normalized spacial score (nSPS) is 12.4. The molecule has 1 atom stereocenters. The Morgan fingerprint density at radius 3 is 2.44 bits per heavy atom. The molecular weight excluding hydrogens is 356 g/mol. The van der Waals surface area contributed by atoms with E-state index in [1.165, 1.54) is 11.8 Å². The summed E-state index contributed by atoms with van der Waals surface area (Å²) in [4.78, 5) is 13.3. The van der Waals surface area contributed by atoms with Crippen molar-refractivity contribution in [2.45, 2.75) is 17.9 Å². The summed E-state index contributed by atoms with van der Waals surface area (Å²) in [5, 5.41) is 2.85. The molecule has 0 radical (unpaired) electrons. The van der Waals surface area contributed by atoms with Crippen LogP contribution in [0.2, 0.25) is 0 Å². The fourth-order valence-electron chi connectivity index (χ4n) is 2.41. The molecule has 0 heterocycles. The Labute approximate surface area is 153 Å². The first-order valence-electron chi connectivity index (χ1n) is 7.77. The van der Waals surface area contributed by atoms with Crippen molar-refractivity contribution in [2.75, 3.05) is 23.4 Å². The van der Waals surface area contributed by atoms with Gasteiger partial charge >= 0.3 is 0 Å². The van der Waals surface area contributed by atoms with Crippen LogP contribution in [0.5, 0.6) is 0 Å². The van der Waals surface area contributed by atoms with Crippen LogP contribution in [0.1, 0.15) is 18.5 Å². The Morgan fingerprint density at radius 1 is 1.16 bits per heavy atom. The first-order valence-corrected chi connectivity index (χ1v) is 10.8. The van der Waals surface area contributed by atoms with Crippen molar-refractivity contribution in [3.05, 3.63) is 60.2 Å². The Morgan fingerprint density at radius 2 is 1.84 bits per heavy atom. The molecule has 2 rings (SSSR count). The number of amides is 1. The molecule has 0 fully saturated rings. The van der Waals surface area contributed by atoms with Gasteiger partial charge in [0, 0.05) is 4.90 Å². The highest BCUT2D eigenvalue weighted by Gasteiger charge is 2.22. The van der Waals surface area contributed by atoms with Gasteiger partial charge in [0.05, 0.1) is 18.0 Å². The molecule has 2 aromatic carbocycles. The molecule has 0 saturated carbocycles. The Kier molecular flexibility index (Phi) is 6.50. The topological polar surface area (TPSA) is 66.5 Å². The molecule has 0 aliphatic carbocycles. The lowest BCUT2D eigenvalue weighted by molar-refractivity contribution is -0.120. The van der Waals surface area contributed by atoms with E-state index in [0.29, 0.717) is 5.69 Å². The lowest BCUT2D eigenvalue weighted by Gasteiger charge is -2.23. The van der Waals surface area contributed by atoms with E-state index in [1.807, 2.05) is 49.6 Å². The third-order valence-electron chi connectivity index (χ3n) is 3.71. The minimum absolute atomic E-state index is 0.201. The highest BCUT2D eigenvalue weighted by Crippen LogP contribution is 2.24. The summed E-state index contributed by atoms with van der Waals surface area (Å²) in [7, 11) is -3.58. The monoisotopic (exact) mass is 378 g/mol. The summed E-state index contributed by atoms with van der Waals surface area (Å²) in [5.74, 6) is -0.351. The fraction of sp³-hybridized carbons (Fsp3) is 0.278. The summed E-state index contributed by atoms with van der Waals surface area (Å²) in [6, 6.07) is 16.5. The van der Waals surface area contributed by atoms with Crippen molar-refractivity contribution in [2.24, 2.45) is 0 Å². The molecule has 0 spiro atoms. The average molecular weight is 379 g/mol. The number of rotatable bonds is 7. The zero-order chi connectivity index (χ0) is 18.4. The SMILES string of the molecule is CSc1cccc(N(CC(=O)NC(C)c2ccccc2)S(C)(=O)=O)c1. The van der Waals surface area contributed by atoms with Gasteiger partial charge in [-0.25, -0.2) is 8.42 Å². The van der Waals surface area contributed by atoms with Gasteiger partial charge in [0.1, 0.15) is 6.54 Å². The number of hydrogen-bond acceptors (Lipinski definition) is 4. The third-order valence-corrected chi connectivity index (χ3v) is 5.57. The van der Waals surface area contributed by atoms with Gasteiger partial charge in [-0.3, -0.25) is 9.10 Å². The van der Waals surface area contributed by atoms with Gasteiger partial charge in [-0.1, -0.05) is 36.4 Å². The van der Waals surface area contributed by atoms with Crippen molar-refractivity contribution >= 4 is 33.4 Å². The summed E-state index contributed by atoms with van der Waals surface area (Å²) in [5.41, 5.74) is 1.45. The lowest BCUT2D eigenvalue weighted by atomic mass is 10.1. The van der Waals surface area contributed by atoms with E-state index in [2.05, 4.69) is 5.32 Å². The molecule has 1 N–H and O–H groups in total. The third kappa shape index (κ3) is 5.51. The zero-order valence-electron chi connectivity index (χ0n) is 14.5. The van der Waals surface area contributed by atoms with Gasteiger partial charge in [-0.05, 0) is 36.9 Å². The van der Waals surface area contributed by atoms with E-state index >= 15 is 0 Å². The van der Waals surface area contributed by atoms with Crippen LogP contribution in [0.3, 0.4) is 0 Å². The summed E-state index contributed by atoms with van der Waals surface area (Å²) >= 11 is 1.52. The number of nitrogens with zero attached hydrogens (tertiary/aromatic N) is 1. The number of anilines is 1.